The number of benzene rings is 1. The Morgan fingerprint density at radius 1 is 1.32 bits per heavy atom. The molecular formula is C21H29N5O2. The van der Waals surface area contributed by atoms with Crippen molar-refractivity contribution in [3.8, 4) is 0 Å². The van der Waals surface area contributed by atoms with Crippen molar-refractivity contribution >= 4 is 28.4 Å². The summed E-state index contributed by atoms with van der Waals surface area (Å²) in [5.41, 5.74) is 7.18. The average molecular weight is 383 g/mol. The number of aromatic nitrogens is 1. The minimum atomic E-state index is -0.599. The van der Waals surface area contributed by atoms with E-state index in [2.05, 4.69) is 20.9 Å². The first-order chi connectivity index (χ1) is 13.5. The summed E-state index contributed by atoms with van der Waals surface area (Å²) in [5.74, 6) is 0.191. The van der Waals surface area contributed by atoms with E-state index in [-0.39, 0.29) is 23.8 Å². The van der Waals surface area contributed by atoms with Crippen molar-refractivity contribution < 1.29 is 9.59 Å². The molecule has 3 atom stereocenters. The maximum Gasteiger partial charge on any atom is 0.247 e. The van der Waals surface area contributed by atoms with E-state index in [4.69, 9.17) is 5.73 Å². The van der Waals surface area contributed by atoms with Gasteiger partial charge in [-0.2, -0.15) is 0 Å². The molecule has 0 spiro atoms. The van der Waals surface area contributed by atoms with Crippen LogP contribution in [0.2, 0.25) is 0 Å². The summed E-state index contributed by atoms with van der Waals surface area (Å²) in [4.78, 5) is 29.9. The van der Waals surface area contributed by atoms with Crippen molar-refractivity contribution in [3.05, 3.63) is 36.5 Å². The smallest absolute Gasteiger partial charge is 0.247 e. The molecule has 28 heavy (non-hydrogen) atoms. The minimum absolute atomic E-state index is 0.145. The fourth-order valence-electron chi connectivity index (χ4n) is 3.53. The highest BCUT2D eigenvalue weighted by molar-refractivity contribution is 5.99. The lowest BCUT2D eigenvalue weighted by Gasteiger charge is -2.22. The van der Waals surface area contributed by atoms with E-state index in [9.17, 15) is 9.59 Å². The molecule has 0 bridgehead atoms. The highest BCUT2D eigenvalue weighted by atomic mass is 16.2. The van der Waals surface area contributed by atoms with Gasteiger partial charge in [0.1, 0.15) is 6.04 Å². The van der Waals surface area contributed by atoms with Crippen LogP contribution in [0.15, 0.2) is 36.5 Å². The number of anilines is 1. The molecule has 0 saturated carbocycles. The van der Waals surface area contributed by atoms with Crippen LogP contribution < -0.4 is 21.7 Å². The van der Waals surface area contributed by atoms with Gasteiger partial charge in [0.2, 0.25) is 11.8 Å². The van der Waals surface area contributed by atoms with Gasteiger partial charge in [0.25, 0.3) is 0 Å². The number of rotatable bonds is 7. The van der Waals surface area contributed by atoms with Crippen molar-refractivity contribution in [2.24, 2.45) is 17.6 Å². The predicted octanol–water partition coefficient (Wildman–Crippen LogP) is 1.64. The molecule has 2 heterocycles. The number of amides is 2. The molecular weight excluding hydrogens is 354 g/mol. The number of nitrogens with zero attached hydrogens (tertiary/aromatic N) is 1. The Labute approximate surface area is 165 Å². The van der Waals surface area contributed by atoms with E-state index in [0.717, 1.165) is 17.4 Å². The summed E-state index contributed by atoms with van der Waals surface area (Å²) in [6, 6.07) is 8.72. The van der Waals surface area contributed by atoms with Crippen LogP contribution in [0.5, 0.6) is 0 Å². The Balaban J connectivity index is 1.67. The van der Waals surface area contributed by atoms with Gasteiger partial charge in [-0.3, -0.25) is 14.6 Å². The maximum absolute atomic E-state index is 12.9. The summed E-state index contributed by atoms with van der Waals surface area (Å²) < 4.78 is 0. The maximum atomic E-state index is 12.9. The fourth-order valence-corrected chi connectivity index (χ4v) is 3.53. The highest BCUT2D eigenvalue weighted by Gasteiger charge is 2.31. The third kappa shape index (κ3) is 5.05. The number of carbonyl (C=O) groups is 2. The summed E-state index contributed by atoms with van der Waals surface area (Å²) in [5, 5.41) is 9.96. The van der Waals surface area contributed by atoms with E-state index in [1.54, 1.807) is 6.20 Å². The molecule has 7 nitrogen and oxygen atoms in total. The third-order valence-electron chi connectivity index (χ3n) is 5.07. The Bertz CT molecular complexity index is 838. The van der Waals surface area contributed by atoms with Crippen LogP contribution in [-0.4, -0.2) is 42.0 Å². The number of hydrogen-bond donors (Lipinski definition) is 4. The van der Waals surface area contributed by atoms with Gasteiger partial charge >= 0.3 is 0 Å². The highest BCUT2D eigenvalue weighted by Crippen LogP contribution is 2.18. The number of para-hydroxylation sites is 1. The molecule has 0 aliphatic carbocycles. The first-order valence-electron chi connectivity index (χ1n) is 9.85. The molecule has 0 unspecified atom stereocenters. The lowest BCUT2D eigenvalue weighted by Crippen LogP contribution is -2.50. The molecule has 1 fully saturated rings. The molecule has 7 heteroatoms. The number of pyridine rings is 1. The first-order valence-corrected chi connectivity index (χ1v) is 9.85. The average Bonchev–Trinajstić information content (AvgIpc) is 3.16. The summed E-state index contributed by atoms with van der Waals surface area (Å²) in [6.07, 6.45) is 2.90. The van der Waals surface area contributed by atoms with Crippen molar-refractivity contribution in [1.82, 2.24) is 15.6 Å². The second-order valence-electron chi connectivity index (χ2n) is 7.89. The molecule has 0 radical (unpaired) electrons. The third-order valence-corrected chi connectivity index (χ3v) is 5.07. The van der Waals surface area contributed by atoms with Crippen molar-refractivity contribution in [2.45, 2.75) is 38.8 Å². The SMILES string of the molecule is CC(C)C[C@@H](NC(=O)[C@H]1C[C@H](CN)CN1)C(=O)Nc1cnc2ccccc2c1. The molecule has 1 aromatic carbocycles. The molecule has 2 amide bonds. The lowest BCUT2D eigenvalue weighted by molar-refractivity contribution is -0.128. The molecule has 5 N–H and O–H groups in total. The van der Waals surface area contributed by atoms with Crippen LogP contribution in [0, 0.1) is 11.8 Å². The molecule has 1 aromatic heterocycles. The number of nitrogens with one attached hydrogen (secondary N) is 3. The fraction of sp³-hybridized carbons (Fsp3) is 0.476. The quantitative estimate of drug-likeness (QED) is 0.581. The van der Waals surface area contributed by atoms with Gasteiger partial charge in [0, 0.05) is 5.39 Å². The van der Waals surface area contributed by atoms with Gasteiger partial charge in [-0.05, 0) is 49.9 Å². The Morgan fingerprint density at radius 2 is 2.11 bits per heavy atom. The molecule has 3 rings (SSSR count). The van der Waals surface area contributed by atoms with E-state index >= 15 is 0 Å². The van der Waals surface area contributed by atoms with E-state index < -0.39 is 6.04 Å². The number of hydrogen-bond acceptors (Lipinski definition) is 5. The molecule has 1 aliphatic rings. The summed E-state index contributed by atoms with van der Waals surface area (Å²) in [6.45, 7) is 5.35. The molecule has 2 aromatic rings. The van der Waals surface area contributed by atoms with Crippen LogP contribution >= 0.6 is 0 Å². The van der Waals surface area contributed by atoms with Crippen molar-refractivity contribution in [3.63, 3.8) is 0 Å². The number of fused-ring (bicyclic) bond motifs is 1. The molecule has 1 saturated heterocycles. The predicted molar refractivity (Wildman–Crippen MR) is 111 cm³/mol. The van der Waals surface area contributed by atoms with Gasteiger partial charge in [0.05, 0.1) is 23.4 Å². The van der Waals surface area contributed by atoms with Gasteiger partial charge in [-0.25, -0.2) is 0 Å². The Hall–Kier alpha value is -2.51. The van der Waals surface area contributed by atoms with Crippen LogP contribution in [-0.2, 0) is 9.59 Å². The lowest BCUT2D eigenvalue weighted by atomic mass is 10.0. The van der Waals surface area contributed by atoms with Crippen LogP contribution in [0.3, 0.4) is 0 Å². The normalized spacial score (nSPS) is 20.3. The second kappa shape index (κ2) is 9.12. The first kappa shape index (κ1) is 20.2. The second-order valence-corrected chi connectivity index (χ2v) is 7.89. The monoisotopic (exact) mass is 383 g/mol. The zero-order valence-electron chi connectivity index (χ0n) is 16.4. The van der Waals surface area contributed by atoms with Gasteiger partial charge in [0.15, 0.2) is 0 Å². The van der Waals surface area contributed by atoms with Gasteiger partial charge in [-0.1, -0.05) is 32.0 Å². The van der Waals surface area contributed by atoms with Crippen molar-refractivity contribution in [1.29, 1.82) is 0 Å². The zero-order valence-corrected chi connectivity index (χ0v) is 16.4. The zero-order chi connectivity index (χ0) is 20.1. The van der Waals surface area contributed by atoms with Crippen LogP contribution in [0.1, 0.15) is 26.7 Å². The van der Waals surface area contributed by atoms with Gasteiger partial charge < -0.3 is 21.7 Å². The largest absolute Gasteiger partial charge is 0.343 e. The minimum Gasteiger partial charge on any atom is -0.343 e. The van der Waals surface area contributed by atoms with E-state index in [1.807, 2.05) is 44.2 Å². The van der Waals surface area contributed by atoms with Crippen molar-refractivity contribution in [2.75, 3.05) is 18.4 Å². The number of carbonyl (C=O) groups excluding carboxylic acids is 2. The Kier molecular flexibility index (Phi) is 6.59. The molecule has 150 valence electrons. The summed E-state index contributed by atoms with van der Waals surface area (Å²) in [7, 11) is 0. The summed E-state index contributed by atoms with van der Waals surface area (Å²) >= 11 is 0. The molecule has 1 aliphatic heterocycles. The topological polar surface area (TPSA) is 109 Å². The van der Waals surface area contributed by atoms with Crippen LogP contribution in [0.4, 0.5) is 5.69 Å². The van der Waals surface area contributed by atoms with E-state index in [0.29, 0.717) is 31.0 Å². The van der Waals surface area contributed by atoms with Crippen LogP contribution in [0.25, 0.3) is 10.9 Å². The number of nitrogens with two attached hydrogens (primary N) is 1. The Morgan fingerprint density at radius 3 is 2.82 bits per heavy atom. The van der Waals surface area contributed by atoms with E-state index in [1.165, 1.54) is 0 Å². The van der Waals surface area contributed by atoms with Gasteiger partial charge in [-0.15, -0.1) is 0 Å². The standard InChI is InChI=1S/C21H29N5O2/c1-13(2)7-19(26-20(27)18-8-14(10-22)11-23-18)21(28)25-16-9-15-5-3-4-6-17(15)24-12-16/h3-6,9,12-14,18-19,23H,7-8,10-11,22H2,1-2H3,(H,25,28)(H,26,27)/t14-,18-,19-/m1/s1.